The van der Waals surface area contributed by atoms with Crippen LogP contribution in [0.25, 0.3) is 11.3 Å². The van der Waals surface area contributed by atoms with Crippen LogP contribution in [0.1, 0.15) is 31.6 Å². The molecule has 5 heteroatoms. The summed E-state index contributed by atoms with van der Waals surface area (Å²) in [5.74, 6) is 1.80. The summed E-state index contributed by atoms with van der Waals surface area (Å²) in [6, 6.07) is 8.66. The van der Waals surface area contributed by atoms with E-state index in [4.69, 9.17) is 4.42 Å². The summed E-state index contributed by atoms with van der Waals surface area (Å²) in [5.41, 5.74) is -0.235. The van der Waals surface area contributed by atoms with Crippen LogP contribution in [0, 0.1) is 5.92 Å². The molecule has 1 aromatic heterocycles. The highest BCUT2D eigenvalue weighted by molar-refractivity contribution is 5.58. The molecule has 2 rings (SSSR count). The van der Waals surface area contributed by atoms with Gasteiger partial charge in [-0.15, -0.1) is 0 Å². The van der Waals surface area contributed by atoms with E-state index in [0.717, 1.165) is 30.9 Å². The highest BCUT2D eigenvalue weighted by atomic mass is 19.4. The largest absolute Gasteiger partial charge is 0.460 e. The Bertz CT molecular complexity index is 602. The number of benzene rings is 1. The molecule has 22 heavy (non-hydrogen) atoms. The monoisotopic (exact) mass is 311 g/mol. The van der Waals surface area contributed by atoms with Gasteiger partial charge in [0.2, 0.25) is 0 Å². The lowest BCUT2D eigenvalue weighted by Gasteiger charge is -2.07. The molecule has 0 saturated carbocycles. The van der Waals surface area contributed by atoms with E-state index >= 15 is 0 Å². The average molecular weight is 311 g/mol. The Hall–Kier alpha value is -1.75. The third-order valence-corrected chi connectivity index (χ3v) is 3.33. The zero-order valence-corrected chi connectivity index (χ0v) is 12.7. The third kappa shape index (κ3) is 4.63. The molecule has 0 saturated heterocycles. The van der Waals surface area contributed by atoms with Gasteiger partial charge in [-0.1, -0.05) is 26.0 Å². The molecule has 0 atom stereocenters. The number of hydrogen-bond donors (Lipinski definition) is 1. The van der Waals surface area contributed by atoms with Crippen LogP contribution in [0.3, 0.4) is 0 Å². The van der Waals surface area contributed by atoms with Crippen LogP contribution in [0.4, 0.5) is 13.2 Å². The van der Waals surface area contributed by atoms with Gasteiger partial charge >= 0.3 is 6.18 Å². The second-order valence-electron chi connectivity index (χ2n) is 5.70. The van der Waals surface area contributed by atoms with Crippen molar-refractivity contribution in [2.75, 3.05) is 6.54 Å². The predicted octanol–water partition coefficient (Wildman–Crippen LogP) is 5.10. The van der Waals surface area contributed by atoms with Gasteiger partial charge in [-0.25, -0.2) is 0 Å². The molecule has 1 N–H and O–H groups in total. The molecule has 0 fully saturated rings. The molecule has 0 spiro atoms. The van der Waals surface area contributed by atoms with Crippen molar-refractivity contribution in [3.63, 3.8) is 0 Å². The molecule has 0 unspecified atom stereocenters. The normalized spacial score (nSPS) is 12.1. The van der Waals surface area contributed by atoms with Crippen molar-refractivity contribution in [2.24, 2.45) is 5.92 Å². The lowest BCUT2D eigenvalue weighted by molar-refractivity contribution is -0.137. The van der Waals surface area contributed by atoms with E-state index in [-0.39, 0.29) is 0 Å². The molecule has 2 nitrogen and oxygen atoms in total. The highest BCUT2D eigenvalue weighted by Crippen LogP contribution is 2.32. The number of alkyl halides is 3. The second-order valence-corrected chi connectivity index (χ2v) is 5.70. The molecule has 2 aromatic rings. The van der Waals surface area contributed by atoms with E-state index in [0.29, 0.717) is 23.8 Å². The summed E-state index contributed by atoms with van der Waals surface area (Å²) in [4.78, 5) is 0. The lowest BCUT2D eigenvalue weighted by Crippen LogP contribution is -2.15. The summed E-state index contributed by atoms with van der Waals surface area (Å²) in [6.45, 7) is 5.77. The number of furan rings is 1. The fraction of sp³-hybridized carbons (Fsp3) is 0.412. The number of halogens is 3. The quantitative estimate of drug-likeness (QED) is 0.751. The van der Waals surface area contributed by atoms with E-state index in [1.54, 1.807) is 18.2 Å². The maximum Gasteiger partial charge on any atom is 0.416 e. The number of rotatable bonds is 6. The van der Waals surface area contributed by atoms with Crippen molar-refractivity contribution in [1.29, 1.82) is 0 Å². The van der Waals surface area contributed by atoms with E-state index in [1.807, 2.05) is 0 Å². The van der Waals surface area contributed by atoms with Gasteiger partial charge in [-0.05, 0) is 43.1 Å². The molecule has 0 radical (unpaired) electrons. The Morgan fingerprint density at radius 3 is 2.59 bits per heavy atom. The SMILES string of the molecule is CC(C)CCNCc1ccc(-c2cccc(C(F)(F)F)c2)o1. The van der Waals surface area contributed by atoms with Crippen LogP contribution in [0.15, 0.2) is 40.8 Å². The van der Waals surface area contributed by atoms with E-state index < -0.39 is 11.7 Å². The van der Waals surface area contributed by atoms with Gasteiger partial charge in [-0.2, -0.15) is 13.2 Å². The molecule has 0 aliphatic rings. The van der Waals surface area contributed by atoms with Gasteiger partial charge in [0.05, 0.1) is 12.1 Å². The van der Waals surface area contributed by atoms with E-state index in [2.05, 4.69) is 19.2 Å². The Kier molecular flexibility index (Phi) is 5.29. The fourth-order valence-corrected chi connectivity index (χ4v) is 2.08. The highest BCUT2D eigenvalue weighted by Gasteiger charge is 2.30. The first kappa shape index (κ1) is 16.6. The molecule has 0 amide bonds. The Labute approximate surface area is 128 Å². The zero-order chi connectivity index (χ0) is 16.2. The van der Waals surface area contributed by atoms with Crippen LogP contribution in [-0.4, -0.2) is 6.54 Å². The summed E-state index contributed by atoms with van der Waals surface area (Å²) in [7, 11) is 0. The van der Waals surface area contributed by atoms with E-state index in [1.165, 1.54) is 6.07 Å². The van der Waals surface area contributed by atoms with Crippen LogP contribution in [0.5, 0.6) is 0 Å². The smallest absolute Gasteiger partial charge is 0.416 e. The Balaban J connectivity index is 2.02. The molecule has 0 bridgehead atoms. The first-order valence-corrected chi connectivity index (χ1v) is 7.33. The van der Waals surface area contributed by atoms with Crippen molar-refractivity contribution >= 4 is 0 Å². The predicted molar refractivity (Wildman–Crippen MR) is 80.3 cm³/mol. The maximum atomic E-state index is 12.7. The van der Waals surface area contributed by atoms with Gasteiger partial charge in [0.25, 0.3) is 0 Å². The fourth-order valence-electron chi connectivity index (χ4n) is 2.08. The lowest BCUT2D eigenvalue weighted by atomic mass is 10.1. The average Bonchev–Trinajstić information content (AvgIpc) is 2.91. The van der Waals surface area contributed by atoms with Crippen LogP contribution < -0.4 is 5.32 Å². The summed E-state index contributed by atoms with van der Waals surface area (Å²) in [5, 5.41) is 3.26. The first-order valence-electron chi connectivity index (χ1n) is 7.33. The maximum absolute atomic E-state index is 12.7. The molecular weight excluding hydrogens is 291 g/mol. The minimum atomic E-state index is -4.34. The van der Waals surface area contributed by atoms with Crippen molar-refractivity contribution in [3.8, 4) is 11.3 Å². The van der Waals surface area contributed by atoms with Crippen LogP contribution >= 0.6 is 0 Å². The van der Waals surface area contributed by atoms with Gasteiger partial charge in [0.15, 0.2) is 0 Å². The van der Waals surface area contributed by atoms with Gasteiger partial charge in [0.1, 0.15) is 11.5 Å². The molecule has 0 aliphatic carbocycles. The first-order chi connectivity index (χ1) is 10.4. The molecular formula is C17H20F3NO. The number of nitrogens with one attached hydrogen (secondary N) is 1. The topological polar surface area (TPSA) is 25.2 Å². The minimum Gasteiger partial charge on any atom is -0.460 e. The van der Waals surface area contributed by atoms with Gasteiger partial charge in [-0.3, -0.25) is 0 Å². The minimum absolute atomic E-state index is 0.434. The van der Waals surface area contributed by atoms with Crippen molar-refractivity contribution in [1.82, 2.24) is 5.32 Å². The summed E-state index contributed by atoms with van der Waals surface area (Å²) < 4.78 is 43.8. The van der Waals surface area contributed by atoms with Crippen LogP contribution in [0.2, 0.25) is 0 Å². The van der Waals surface area contributed by atoms with Gasteiger partial charge in [0, 0.05) is 5.56 Å². The number of hydrogen-bond acceptors (Lipinski definition) is 2. The second kappa shape index (κ2) is 7.01. The summed E-state index contributed by atoms with van der Waals surface area (Å²) >= 11 is 0. The molecule has 0 aliphatic heterocycles. The van der Waals surface area contributed by atoms with E-state index in [9.17, 15) is 13.2 Å². The standard InChI is InChI=1S/C17H20F3NO/c1-12(2)8-9-21-11-15-6-7-16(22-15)13-4-3-5-14(10-13)17(18,19)20/h3-7,10,12,21H,8-9,11H2,1-2H3. The van der Waals surface area contributed by atoms with Crippen molar-refractivity contribution < 1.29 is 17.6 Å². The molecule has 1 heterocycles. The Morgan fingerprint density at radius 2 is 1.91 bits per heavy atom. The van der Waals surface area contributed by atoms with Crippen LogP contribution in [-0.2, 0) is 12.7 Å². The third-order valence-electron chi connectivity index (χ3n) is 3.33. The molecule has 1 aromatic carbocycles. The summed E-state index contributed by atoms with van der Waals surface area (Å²) in [6.07, 6.45) is -3.27. The molecule has 120 valence electrons. The van der Waals surface area contributed by atoms with Gasteiger partial charge < -0.3 is 9.73 Å². The van der Waals surface area contributed by atoms with Crippen molar-refractivity contribution in [2.45, 2.75) is 33.0 Å². The zero-order valence-electron chi connectivity index (χ0n) is 12.7. The van der Waals surface area contributed by atoms with Crippen molar-refractivity contribution in [3.05, 3.63) is 47.7 Å². The Morgan fingerprint density at radius 1 is 1.14 bits per heavy atom.